The van der Waals surface area contributed by atoms with E-state index in [4.69, 9.17) is 0 Å². The SMILES string of the molecule is C[P+](=O)P=O. The summed E-state index contributed by atoms with van der Waals surface area (Å²) < 4.78 is 19.0. The van der Waals surface area contributed by atoms with Crippen molar-refractivity contribution in [1.82, 2.24) is 0 Å². The van der Waals surface area contributed by atoms with Gasteiger partial charge in [0, 0.05) is 0 Å². The quantitative estimate of drug-likeness (QED) is 0.479. The maximum atomic E-state index is 9.64. The highest BCUT2D eigenvalue weighted by molar-refractivity contribution is 8.09. The van der Waals surface area contributed by atoms with Crippen LogP contribution in [0, 0.1) is 0 Å². The van der Waals surface area contributed by atoms with E-state index in [0.717, 1.165) is 0 Å². The molecular formula is CH3O2P2+. The van der Waals surface area contributed by atoms with Crippen LogP contribution in [0.15, 0.2) is 0 Å². The summed E-state index contributed by atoms with van der Waals surface area (Å²) >= 11 is 0. The van der Waals surface area contributed by atoms with Crippen molar-refractivity contribution in [3.05, 3.63) is 0 Å². The van der Waals surface area contributed by atoms with E-state index in [0.29, 0.717) is 0 Å². The summed E-state index contributed by atoms with van der Waals surface area (Å²) in [5, 5.41) is 0. The third-order valence-electron chi connectivity index (χ3n) is 0.115. The Labute approximate surface area is 32.5 Å². The Kier molecular flexibility index (Phi) is 2.54. The highest BCUT2D eigenvalue weighted by atomic mass is 32.0. The Morgan fingerprint density at radius 3 is 2.00 bits per heavy atom. The molecule has 0 spiro atoms. The van der Waals surface area contributed by atoms with Crippen LogP contribution < -0.4 is 0 Å². The average molecular weight is 109 g/mol. The van der Waals surface area contributed by atoms with E-state index in [1.54, 1.807) is 0 Å². The molecule has 4 heteroatoms. The summed E-state index contributed by atoms with van der Waals surface area (Å²) in [6.45, 7) is 1.41. The van der Waals surface area contributed by atoms with E-state index in [9.17, 15) is 9.13 Å². The van der Waals surface area contributed by atoms with Crippen molar-refractivity contribution in [1.29, 1.82) is 0 Å². The van der Waals surface area contributed by atoms with Gasteiger partial charge in [-0.1, -0.05) is 4.57 Å². The Hall–Kier alpha value is 0.200. The molecule has 0 aliphatic heterocycles. The molecular weight excluding hydrogens is 106 g/mol. The minimum atomic E-state index is -1.43. The molecule has 0 saturated heterocycles. The molecule has 0 N–H and O–H groups in total. The first kappa shape index (κ1) is 5.20. The molecule has 5 heavy (non-hydrogen) atoms. The largest absolute Gasteiger partial charge is 0.457 e. The van der Waals surface area contributed by atoms with Crippen molar-refractivity contribution in [2.75, 3.05) is 6.66 Å². The first-order valence-corrected chi connectivity index (χ1v) is 4.24. The second-order valence-electron chi connectivity index (χ2n) is 0.546. The summed E-state index contributed by atoms with van der Waals surface area (Å²) in [7, 11) is -1.68. The van der Waals surface area contributed by atoms with Crippen LogP contribution in [0.2, 0.25) is 0 Å². The molecule has 0 radical (unpaired) electrons. The van der Waals surface area contributed by atoms with Gasteiger partial charge in [0.15, 0.2) is 0 Å². The van der Waals surface area contributed by atoms with Crippen LogP contribution in [0.25, 0.3) is 0 Å². The van der Waals surface area contributed by atoms with E-state index in [2.05, 4.69) is 0 Å². The summed E-state index contributed by atoms with van der Waals surface area (Å²) in [5.74, 6) is 0. The fourth-order valence-corrected chi connectivity index (χ4v) is 0. The van der Waals surface area contributed by atoms with Crippen LogP contribution in [-0.4, -0.2) is 6.66 Å². The molecule has 0 aromatic rings. The standard InChI is InChI=1S/CH3O2P2/c1-5(3)4-2/h1H3/q+1. The second kappa shape index (κ2) is 2.44. The number of hydrogen-bond donors (Lipinski definition) is 0. The van der Waals surface area contributed by atoms with Crippen LogP contribution in [0.1, 0.15) is 0 Å². The summed E-state index contributed by atoms with van der Waals surface area (Å²) in [5.41, 5.74) is 0. The maximum Gasteiger partial charge on any atom is 0.457 e. The Morgan fingerprint density at radius 2 is 2.00 bits per heavy atom. The molecule has 28 valence electrons. The van der Waals surface area contributed by atoms with Crippen molar-refractivity contribution < 1.29 is 9.13 Å². The molecule has 0 saturated carbocycles. The lowest BCUT2D eigenvalue weighted by molar-refractivity contribution is 0.587. The van der Waals surface area contributed by atoms with Crippen LogP contribution in [0.5, 0.6) is 0 Å². The van der Waals surface area contributed by atoms with Crippen molar-refractivity contribution >= 4 is 15.6 Å². The van der Waals surface area contributed by atoms with Crippen LogP contribution in [0.3, 0.4) is 0 Å². The minimum absolute atomic E-state index is 0.244. The van der Waals surface area contributed by atoms with Gasteiger partial charge in [0.2, 0.25) is 0 Å². The van der Waals surface area contributed by atoms with Gasteiger partial charge in [-0.2, -0.15) is 0 Å². The molecule has 1 atom stereocenters. The van der Waals surface area contributed by atoms with Crippen LogP contribution >= 0.6 is 15.6 Å². The van der Waals surface area contributed by atoms with Gasteiger partial charge in [0.1, 0.15) is 6.66 Å². The van der Waals surface area contributed by atoms with E-state index in [1.807, 2.05) is 0 Å². The lowest BCUT2D eigenvalue weighted by Crippen LogP contribution is -1.21. The fourth-order valence-electron chi connectivity index (χ4n) is 0. The number of hydrogen-bond acceptors (Lipinski definition) is 2. The molecule has 0 aliphatic carbocycles. The Balaban J connectivity index is 3.20. The Morgan fingerprint density at radius 1 is 1.80 bits per heavy atom. The molecule has 0 heterocycles. The molecule has 0 rings (SSSR count). The predicted octanol–water partition coefficient (Wildman–Crippen LogP) is 1.65. The predicted molar refractivity (Wildman–Crippen MR) is 21.1 cm³/mol. The summed E-state index contributed by atoms with van der Waals surface area (Å²) in [6.07, 6.45) is 0. The van der Waals surface area contributed by atoms with Gasteiger partial charge in [0.25, 0.3) is 0 Å². The van der Waals surface area contributed by atoms with Gasteiger partial charge in [-0.15, -0.1) is 0 Å². The van der Waals surface area contributed by atoms with E-state index in [-0.39, 0.29) is 8.15 Å². The van der Waals surface area contributed by atoms with Gasteiger partial charge < -0.3 is 0 Å². The normalized spacial score (nSPS) is 11.8. The maximum absolute atomic E-state index is 9.64. The molecule has 0 aliphatic rings. The lowest BCUT2D eigenvalue weighted by Gasteiger charge is -1.35. The molecule has 1 unspecified atom stereocenters. The van der Waals surface area contributed by atoms with Crippen molar-refractivity contribution in [2.24, 2.45) is 0 Å². The van der Waals surface area contributed by atoms with Crippen molar-refractivity contribution in [2.45, 2.75) is 0 Å². The molecule has 2 nitrogen and oxygen atoms in total. The topological polar surface area (TPSA) is 34.1 Å². The summed E-state index contributed by atoms with van der Waals surface area (Å²) in [6, 6.07) is 0. The highest BCUT2D eigenvalue weighted by Gasteiger charge is 1.99. The van der Waals surface area contributed by atoms with Gasteiger partial charge in [-0.3, -0.25) is 0 Å². The minimum Gasteiger partial charge on any atom is -0.213 e. The first-order valence-electron chi connectivity index (χ1n) is 1.01. The molecule has 0 bridgehead atoms. The number of rotatable bonds is 1. The fraction of sp³-hybridized carbons (Fsp3) is 1.00. The van der Waals surface area contributed by atoms with E-state index >= 15 is 0 Å². The zero-order chi connectivity index (χ0) is 4.28. The van der Waals surface area contributed by atoms with E-state index < -0.39 is 7.49 Å². The smallest absolute Gasteiger partial charge is 0.213 e. The van der Waals surface area contributed by atoms with Crippen LogP contribution in [-0.2, 0) is 9.13 Å². The Bertz CT molecular complexity index is 58.7. The van der Waals surface area contributed by atoms with E-state index in [1.165, 1.54) is 6.66 Å². The zero-order valence-corrected chi connectivity index (χ0v) is 4.50. The molecule has 0 fully saturated rings. The third-order valence-corrected chi connectivity index (χ3v) is 1.03. The molecule has 0 amide bonds. The van der Waals surface area contributed by atoms with Crippen molar-refractivity contribution in [3.63, 3.8) is 0 Å². The van der Waals surface area contributed by atoms with Gasteiger partial charge in [0.05, 0.1) is 0 Å². The van der Waals surface area contributed by atoms with Gasteiger partial charge >= 0.3 is 15.6 Å². The molecule has 0 aromatic heterocycles. The zero-order valence-electron chi connectivity index (χ0n) is 2.71. The van der Waals surface area contributed by atoms with Gasteiger partial charge in [-0.25, -0.2) is 4.57 Å². The van der Waals surface area contributed by atoms with Gasteiger partial charge in [-0.05, 0) is 0 Å². The highest BCUT2D eigenvalue weighted by Crippen LogP contribution is 2.29. The second-order valence-corrected chi connectivity index (χ2v) is 3.82. The average Bonchev–Trinajstić information content (AvgIpc) is 1.38. The first-order chi connectivity index (χ1) is 2.27. The summed E-state index contributed by atoms with van der Waals surface area (Å²) in [4.78, 5) is 0. The molecule has 0 aromatic carbocycles. The van der Waals surface area contributed by atoms with Crippen molar-refractivity contribution in [3.8, 4) is 0 Å². The third kappa shape index (κ3) is 4.20. The monoisotopic (exact) mass is 109 g/mol. The van der Waals surface area contributed by atoms with Crippen LogP contribution in [0.4, 0.5) is 0 Å². The lowest BCUT2D eigenvalue weighted by atomic mass is 12.0.